The lowest BCUT2D eigenvalue weighted by molar-refractivity contribution is 0.192. The number of hydrogen-bond donors (Lipinski definition) is 1. The van der Waals surface area contributed by atoms with Crippen LogP contribution in [0.4, 0.5) is 0 Å². The summed E-state index contributed by atoms with van der Waals surface area (Å²) in [6, 6.07) is 8.33. The summed E-state index contributed by atoms with van der Waals surface area (Å²) >= 11 is 0. The monoisotopic (exact) mass is 269 g/mol. The second-order valence-corrected chi connectivity index (χ2v) is 5.29. The molecule has 102 valence electrons. The van der Waals surface area contributed by atoms with Crippen LogP contribution in [0.5, 0.6) is 0 Å². The van der Waals surface area contributed by atoms with Crippen LogP contribution in [0.1, 0.15) is 23.7 Å². The fourth-order valence-electron chi connectivity index (χ4n) is 2.62. The fraction of sp³-hybridized carbons (Fsp3) is 0.333. The van der Waals surface area contributed by atoms with Crippen molar-refractivity contribution in [2.75, 3.05) is 13.2 Å². The minimum absolute atomic E-state index is 0.263. The summed E-state index contributed by atoms with van der Waals surface area (Å²) in [4.78, 5) is 7.81. The Bertz CT molecular complexity index is 753. The van der Waals surface area contributed by atoms with Gasteiger partial charge in [0.25, 0.3) is 5.89 Å². The molecule has 1 fully saturated rings. The normalized spacial score (nSPS) is 18.9. The molecule has 0 unspecified atom stereocenters. The van der Waals surface area contributed by atoms with E-state index in [4.69, 9.17) is 9.26 Å². The summed E-state index contributed by atoms with van der Waals surface area (Å²) in [5.74, 6) is 1.55. The average molecular weight is 269 g/mol. The van der Waals surface area contributed by atoms with E-state index in [1.165, 1.54) is 5.56 Å². The van der Waals surface area contributed by atoms with E-state index in [1.807, 2.05) is 6.07 Å². The number of aryl methyl sites for hydroxylation is 1. The van der Waals surface area contributed by atoms with Crippen molar-refractivity contribution < 1.29 is 9.26 Å². The van der Waals surface area contributed by atoms with Crippen LogP contribution in [0.15, 0.2) is 28.8 Å². The largest absolute Gasteiger partial charge is 0.381 e. The number of benzene rings is 1. The number of nitrogens with one attached hydrogen (secondary N) is 1. The van der Waals surface area contributed by atoms with Crippen molar-refractivity contribution in [3.8, 4) is 11.6 Å². The molecule has 20 heavy (non-hydrogen) atoms. The summed E-state index contributed by atoms with van der Waals surface area (Å²) in [6.45, 7) is 3.54. The van der Waals surface area contributed by atoms with Crippen LogP contribution in [-0.4, -0.2) is 28.3 Å². The van der Waals surface area contributed by atoms with E-state index in [-0.39, 0.29) is 5.92 Å². The molecule has 4 rings (SSSR count). The molecule has 1 saturated heterocycles. The Morgan fingerprint density at radius 1 is 1.30 bits per heavy atom. The molecular formula is C15H15N3O2. The van der Waals surface area contributed by atoms with Crippen molar-refractivity contribution in [3.63, 3.8) is 0 Å². The Morgan fingerprint density at radius 2 is 2.25 bits per heavy atom. The predicted octanol–water partition coefficient (Wildman–Crippen LogP) is 3.03. The number of aromatic amines is 1. The maximum absolute atomic E-state index is 5.37. The minimum Gasteiger partial charge on any atom is -0.381 e. The van der Waals surface area contributed by atoms with Crippen LogP contribution in [0.2, 0.25) is 0 Å². The van der Waals surface area contributed by atoms with Gasteiger partial charge >= 0.3 is 0 Å². The molecule has 5 heteroatoms. The summed E-state index contributed by atoms with van der Waals surface area (Å²) in [6.07, 6.45) is 0.963. The number of rotatable bonds is 2. The lowest BCUT2D eigenvalue weighted by Gasteiger charge is -1.97. The van der Waals surface area contributed by atoms with Crippen molar-refractivity contribution in [1.29, 1.82) is 0 Å². The standard InChI is InChI=1S/C15H15N3O2/c1-9-2-3-12-11(6-9)7-13(16-12)15-17-14(18-20-15)10-4-5-19-8-10/h2-3,6-7,10,16H,4-5,8H2,1H3/t10-/m0/s1. The maximum atomic E-state index is 5.37. The predicted molar refractivity (Wildman–Crippen MR) is 74.5 cm³/mol. The van der Waals surface area contributed by atoms with Gasteiger partial charge in [-0.15, -0.1) is 0 Å². The van der Waals surface area contributed by atoms with Crippen LogP contribution < -0.4 is 0 Å². The van der Waals surface area contributed by atoms with E-state index in [0.29, 0.717) is 12.5 Å². The Balaban J connectivity index is 1.71. The highest BCUT2D eigenvalue weighted by atomic mass is 16.5. The van der Waals surface area contributed by atoms with Crippen LogP contribution in [0.25, 0.3) is 22.5 Å². The van der Waals surface area contributed by atoms with Gasteiger partial charge in [-0.05, 0) is 31.5 Å². The molecular weight excluding hydrogens is 254 g/mol. The molecule has 3 heterocycles. The minimum atomic E-state index is 0.263. The van der Waals surface area contributed by atoms with Gasteiger partial charge in [0.15, 0.2) is 5.82 Å². The molecule has 1 atom stereocenters. The summed E-state index contributed by atoms with van der Waals surface area (Å²) in [5, 5.41) is 5.23. The number of hydrogen-bond acceptors (Lipinski definition) is 4. The zero-order valence-corrected chi connectivity index (χ0v) is 11.2. The first-order chi connectivity index (χ1) is 9.79. The second-order valence-electron chi connectivity index (χ2n) is 5.29. The molecule has 0 amide bonds. The maximum Gasteiger partial charge on any atom is 0.274 e. The van der Waals surface area contributed by atoms with Crippen LogP contribution in [0, 0.1) is 6.92 Å². The Hall–Kier alpha value is -2.14. The molecule has 0 saturated carbocycles. The van der Waals surface area contributed by atoms with E-state index in [0.717, 1.165) is 35.4 Å². The van der Waals surface area contributed by atoms with Gasteiger partial charge in [0.1, 0.15) is 5.69 Å². The number of nitrogens with zero attached hydrogens (tertiary/aromatic N) is 2. The van der Waals surface area contributed by atoms with Gasteiger partial charge in [0.2, 0.25) is 0 Å². The molecule has 1 aliphatic heterocycles. The van der Waals surface area contributed by atoms with Gasteiger partial charge in [0.05, 0.1) is 6.61 Å². The molecule has 1 aromatic carbocycles. The van der Waals surface area contributed by atoms with Gasteiger partial charge in [-0.1, -0.05) is 16.8 Å². The average Bonchev–Trinajstić information content (AvgIpc) is 3.17. The molecule has 3 aromatic rings. The molecule has 0 aliphatic carbocycles. The van der Waals surface area contributed by atoms with E-state index < -0.39 is 0 Å². The highest BCUT2D eigenvalue weighted by Crippen LogP contribution is 2.27. The summed E-state index contributed by atoms with van der Waals surface area (Å²) in [7, 11) is 0. The van der Waals surface area contributed by atoms with Gasteiger partial charge in [-0.2, -0.15) is 4.98 Å². The van der Waals surface area contributed by atoms with Crippen LogP contribution in [-0.2, 0) is 4.74 Å². The van der Waals surface area contributed by atoms with E-state index in [9.17, 15) is 0 Å². The molecule has 1 aliphatic rings. The highest BCUT2D eigenvalue weighted by Gasteiger charge is 2.23. The van der Waals surface area contributed by atoms with Crippen LogP contribution >= 0.6 is 0 Å². The number of ether oxygens (including phenoxy) is 1. The van der Waals surface area contributed by atoms with Crippen molar-refractivity contribution in [1.82, 2.24) is 15.1 Å². The highest BCUT2D eigenvalue weighted by molar-refractivity contribution is 5.85. The van der Waals surface area contributed by atoms with Crippen LogP contribution in [0.3, 0.4) is 0 Å². The van der Waals surface area contributed by atoms with Gasteiger partial charge in [0, 0.05) is 23.4 Å². The number of H-pyrrole nitrogens is 1. The lowest BCUT2D eigenvalue weighted by Crippen LogP contribution is -1.99. The zero-order chi connectivity index (χ0) is 13.5. The second kappa shape index (κ2) is 4.45. The Morgan fingerprint density at radius 3 is 3.10 bits per heavy atom. The first-order valence-corrected chi connectivity index (χ1v) is 6.81. The molecule has 0 bridgehead atoms. The quantitative estimate of drug-likeness (QED) is 0.776. The molecule has 0 spiro atoms. The van der Waals surface area contributed by atoms with E-state index >= 15 is 0 Å². The first-order valence-electron chi connectivity index (χ1n) is 6.81. The molecule has 1 N–H and O–H groups in total. The van der Waals surface area contributed by atoms with Gasteiger partial charge in [-0.25, -0.2) is 0 Å². The van der Waals surface area contributed by atoms with Crippen molar-refractivity contribution >= 4 is 10.9 Å². The molecule has 2 aromatic heterocycles. The number of aromatic nitrogens is 3. The SMILES string of the molecule is Cc1ccc2[nH]c(-c3nc([C@H]4CCOC4)no3)cc2c1. The Labute approximate surface area is 115 Å². The zero-order valence-electron chi connectivity index (χ0n) is 11.2. The lowest BCUT2D eigenvalue weighted by atomic mass is 10.1. The van der Waals surface area contributed by atoms with Gasteiger partial charge < -0.3 is 14.2 Å². The third-order valence-electron chi connectivity index (χ3n) is 3.74. The van der Waals surface area contributed by atoms with Gasteiger partial charge in [-0.3, -0.25) is 0 Å². The van der Waals surface area contributed by atoms with E-state index in [1.54, 1.807) is 0 Å². The molecule has 5 nitrogen and oxygen atoms in total. The third-order valence-corrected chi connectivity index (χ3v) is 3.74. The fourth-order valence-corrected chi connectivity index (χ4v) is 2.62. The molecule has 0 radical (unpaired) electrons. The topological polar surface area (TPSA) is 63.9 Å². The number of fused-ring (bicyclic) bond motifs is 1. The third kappa shape index (κ3) is 1.91. The van der Waals surface area contributed by atoms with Crippen molar-refractivity contribution in [2.45, 2.75) is 19.3 Å². The smallest absolute Gasteiger partial charge is 0.274 e. The summed E-state index contributed by atoms with van der Waals surface area (Å²) < 4.78 is 10.7. The van der Waals surface area contributed by atoms with E-state index in [2.05, 4.69) is 40.2 Å². The van der Waals surface area contributed by atoms with Crippen molar-refractivity contribution in [2.24, 2.45) is 0 Å². The summed E-state index contributed by atoms with van der Waals surface area (Å²) in [5.41, 5.74) is 3.18. The van der Waals surface area contributed by atoms with Crippen molar-refractivity contribution in [3.05, 3.63) is 35.7 Å². The first kappa shape index (κ1) is 11.7. The Kier molecular flexibility index (Phi) is 2.60.